The molecule has 0 unspecified atom stereocenters. The molecule has 0 aromatic heterocycles. The lowest BCUT2D eigenvalue weighted by atomic mass is 10.2. The van der Waals surface area contributed by atoms with Crippen LogP contribution in [0.1, 0.15) is 12.5 Å². The van der Waals surface area contributed by atoms with Gasteiger partial charge in [0, 0.05) is 20.2 Å². The van der Waals surface area contributed by atoms with Crippen molar-refractivity contribution < 1.29 is 9.60 Å². The Hall–Kier alpha value is -1.66. The molecule has 21 heavy (non-hydrogen) atoms. The molecule has 0 bridgehead atoms. The van der Waals surface area contributed by atoms with Crippen molar-refractivity contribution in [2.24, 2.45) is 10.9 Å². The molecule has 0 aliphatic heterocycles. The monoisotopic (exact) mass is 322 g/mol. The van der Waals surface area contributed by atoms with Gasteiger partial charge in [-0.25, -0.2) is 4.39 Å². The van der Waals surface area contributed by atoms with E-state index in [1.54, 1.807) is 17.8 Å². The fraction of sp³-hybridized carbons (Fsp3) is 0.133. The average molecular weight is 322 g/mol. The molecule has 0 spiro atoms. The van der Waals surface area contributed by atoms with Crippen LogP contribution in [0.3, 0.4) is 0 Å². The van der Waals surface area contributed by atoms with Crippen molar-refractivity contribution in [3.8, 4) is 0 Å². The molecule has 0 aliphatic carbocycles. The Balaban J connectivity index is 2.45. The number of amidine groups is 1. The first-order chi connectivity index (χ1) is 10.2. The second-order valence-electron chi connectivity index (χ2n) is 4.11. The molecule has 2 aromatic rings. The molecular formula is C15H15FN2OS2. The molecule has 3 N–H and O–H groups in total. The van der Waals surface area contributed by atoms with E-state index < -0.39 is 0 Å². The second kappa shape index (κ2) is 7.38. The van der Waals surface area contributed by atoms with Gasteiger partial charge in [0.25, 0.3) is 0 Å². The maximum atomic E-state index is 13.3. The molecule has 2 aromatic carbocycles. The largest absolute Gasteiger partial charge is 0.409 e. The minimum atomic E-state index is -0.288. The topological polar surface area (TPSA) is 58.6 Å². The summed E-state index contributed by atoms with van der Waals surface area (Å²) in [6.07, 6.45) is 0. The average Bonchev–Trinajstić information content (AvgIpc) is 2.47. The Kier molecular flexibility index (Phi) is 5.52. The molecule has 2 rings (SSSR count). The minimum absolute atomic E-state index is 0.0606. The van der Waals surface area contributed by atoms with E-state index in [9.17, 15) is 4.39 Å². The highest BCUT2D eigenvalue weighted by Gasteiger charge is 2.14. The zero-order chi connectivity index (χ0) is 15.2. The van der Waals surface area contributed by atoms with Crippen molar-refractivity contribution in [1.29, 1.82) is 0 Å². The zero-order valence-corrected chi connectivity index (χ0v) is 13.0. The third-order valence-corrected chi connectivity index (χ3v) is 4.67. The summed E-state index contributed by atoms with van der Waals surface area (Å²) in [5, 5.41) is 12.1. The van der Waals surface area contributed by atoms with E-state index in [-0.39, 0.29) is 11.7 Å². The fourth-order valence-corrected chi connectivity index (χ4v) is 3.78. The Bertz CT molecular complexity index is 662. The van der Waals surface area contributed by atoms with Crippen LogP contribution in [-0.2, 0) is 0 Å². The molecule has 0 atom stereocenters. The highest BCUT2D eigenvalue weighted by Crippen LogP contribution is 2.35. The summed E-state index contributed by atoms with van der Waals surface area (Å²) in [5.41, 5.74) is 6.49. The van der Waals surface area contributed by atoms with E-state index in [0.29, 0.717) is 5.56 Å². The first kappa shape index (κ1) is 15.7. The van der Waals surface area contributed by atoms with Crippen LogP contribution in [0.4, 0.5) is 4.39 Å². The maximum absolute atomic E-state index is 13.3. The number of rotatable bonds is 5. The van der Waals surface area contributed by atoms with E-state index in [1.807, 2.05) is 31.2 Å². The standard InChI is InChI=1S/C15H15FN2OS2/c1-2-20-12-7-4-8-13(14(12)15(17)18-19)21-11-6-3-5-10(16)9-11/h3-9,19H,2H2,1H3,(H2,17,18). The van der Waals surface area contributed by atoms with Crippen molar-refractivity contribution in [3.05, 3.63) is 53.8 Å². The first-order valence-electron chi connectivity index (χ1n) is 6.32. The lowest BCUT2D eigenvalue weighted by Crippen LogP contribution is -2.15. The van der Waals surface area contributed by atoms with Gasteiger partial charge < -0.3 is 10.9 Å². The smallest absolute Gasteiger partial charge is 0.172 e. The van der Waals surface area contributed by atoms with E-state index >= 15 is 0 Å². The van der Waals surface area contributed by atoms with Gasteiger partial charge in [0.2, 0.25) is 0 Å². The predicted molar refractivity (Wildman–Crippen MR) is 85.9 cm³/mol. The summed E-state index contributed by atoms with van der Waals surface area (Å²) >= 11 is 3.00. The third kappa shape index (κ3) is 3.92. The Morgan fingerprint density at radius 2 is 1.95 bits per heavy atom. The van der Waals surface area contributed by atoms with Crippen LogP contribution in [0.25, 0.3) is 0 Å². The minimum Gasteiger partial charge on any atom is -0.409 e. The van der Waals surface area contributed by atoms with Crippen LogP contribution < -0.4 is 5.73 Å². The molecule has 3 nitrogen and oxygen atoms in total. The van der Waals surface area contributed by atoms with E-state index in [4.69, 9.17) is 10.9 Å². The summed E-state index contributed by atoms with van der Waals surface area (Å²) in [4.78, 5) is 2.53. The van der Waals surface area contributed by atoms with Gasteiger partial charge in [-0.2, -0.15) is 0 Å². The highest BCUT2D eigenvalue weighted by molar-refractivity contribution is 8.00. The summed E-state index contributed by atoms with van der Waals surface area (Å²) in [5.74, 6) is 0.648. The summed E-state index contributed by atoms with van der Waals surface area (Å²) in [7, 11) is 0. The highest BCUT2D eigenvalue weighted by atomic mass is 32.2. The van der Waals surface area contributed by atoms with Crippen molar-refractivity contribution in [2.75, 3.05) is 5.75 Å². The van der Waals surface area contributed by atoms with Crippen molar-refractivity contribution in [2.45, 2.75) is 21.6 Å². The molecule has 0 saturated carbocycles. The van der Waals surface area contributed by atoms with Gasteiger partial charge in [0.15, 0.2) is 5.84 Å². The SMILES string of the molecule is CCSc1cccc(Sc2cccc(F)c2)c1/C(N)=N/O. The zero-order valence-electron chi connectivity index (χ0n) is 11.4. The predicted octanol–water partition coefficient (Wildman–Crippen LogP) is 4.18. The number of halogens is 1. The molecule has 110 valence electrons. The molecule has 0 fully saturated rings. The molecule has 6 heteroatoms. The van der Waals surface area contributed by atoms with E-state index in [1.165, 1.54) is 23.9 Å². The van der Waals surface area contributed by atoms with Gasteiger partial charge in [0.05, 0.1) is 0 Å². The number of nitrogens with zero attached hydrogens (tertiary/aromatic N) is 1. The van der Waals surface area contributed by atoms with Gasteiger partial charge in [-0.3, -0.25) is 0 Å². The molecular weight excluding hydrogens is 307 g/mol. The first-order valence-corrected chi connectivity index (χ1v) is 8.13. The van der Waals surface area contributed by atoms with Crippen LogP contribution in [0.5, 0.6) is 0 Å². The lowest BCUT2D eigenvalue weighted by Gasteiger charge is -2.12. The molecule has 0 heterocycles. The second-order valence-corrected chi connectivity index (χ2v) is 6.53. The molecule has 0 aliphatic rings. The normalized spacial score (nSPS) is 11.6. The Morgan fingerprint density at radius 1 is 1.24 bits per heavy atom. The molecule has 0 saturated heterocycles. The third-order valence-electron chi connectivity index (χ3n) is 2.68. The summed E-state index contributed by atoms with van der Waals surface area (Å²) < 4.78 is 13.3. The van der Waals surface area contributed by atoms with Crippen molar-refractivity contribution in [3.63, 3.8) is 0 Å². The van der Waals surface area contributed by atoms with Gasteiger partial charge in [-0.15, -0.1) is 11.8 Å². The number of benzene rings is 2. The van der Waals surface area contributed by atoms with Crippen LogP contribution in [-0.4, -0.2) is 16.8 Å². The molecule has 0 amide bonds. The van der Waals surface area contributed by atoms with Crippen LogP contribution in [0.15, 0.2) is 62.3 Å². The fourth-order valence-electron chi connectivity index (χ4n) is 1.83. The summed E-state index contributed by atoms with van der Waals surface area (Å²) in [6.45, 7) is 2.03. The van der Waals surface area contributed by atoms with Crippen LogP contribution in [0, 0.1) is 5.82 Å². The summed E-state index contributed by atoms with van der Waals surface area (Å²) in [6, 6.07) is 12.1. The number of thioether (sulfide) groups is 1. The Morgan fingerprint density at radius 3 is 2.62 bits per heavy atom. The van der Waals surface area contributed by atoms with Gasteiger partial charge in [-0.05, 0) is 36.1 Å². The van der Waals surface area contributed by atoms with E-state index in [0.717, 1.165) is 20.4 Å². The number of hydrogen-bond donors (Lipinski definition) is 2. The lowest BCUT2D eigenvalue weighted by molar-refractivity contribution is 0.318. The van der Waals surface area contributed by atoms with Crippen LogP contribution in [0.2, 0.25) is 0 Å². The van der Waals surface area contributed by atoms with Crippen LogP contribution >= 0.6 is 23.5 Å². The van der Waals surface area contributed by atoms with E-state index in [2.05, 4.69) is 5.16 Å². The number of hydrogen-bond acceptors (Lipinski definition) is 4. The van der Waals surface area contributed by atoms with Crippen molar-refractivity contribution >= 4 is 29.4 Å². The maximum Gasteiger partial charge on any atom is 0.172 e. The quantitative estimate of drug-likeness (QED) is 0.285. The van der Waals surface area contributed by atoms with Gasteiger partial charge >= 0.3 is 0 Å². The number of oxime groups is 1. The Labute approximate surface area is 131 Å². The number of nitrogens with two attached hydrogens (primary N) is 1. The van der Waals surface area contributed by atoms with Crippen molar-refractivity contribution in [1.82, 2.24) is 0 Å². The molecule has 0 radical (unpaired) electrons. The van der Waals surface area contributed by atoms with Gasteiger partial charge in [0.1, 0.15) is 5.82 Å². The van der Waals surface area contributed by atoms with Gasteiger partial charge in [-0.1, -0.05) is 36.0 Å².